The van der Waals surface area contributed by atoms with Gasteiger partial charge in [0.1, 0.15) is 5.69 Å². The number of esters is 1. The van der Waals surface area contributed by atoms with E-state index < -0.39 is 12.1 Å². The number of carbonyl (C=O) groups excluding carboxylic acids is 3. The van der Waals surface area contributed by atoms with E-state index in [2.05, 4.69) is 10.2 Å². The first-order valence-electron chi connectivity index (χ1n) is 9.71. The van der Waals surface area contributed by atoms with Gasteiger partial charge in [-0.1, -0.05) is 30.3 Å². The number of nitrogens with one attached hydrogen (secondary N) is 1. The maximum atomic E-state index is 12.8. The van der Waals surface area contributed by atoms with Crippen LogP contribution in [0.4, 0.5) is 5.69 Å². The minimum Gasteiger partial charge on any atom is -0.450 e. The van der Waals surface area contributed by atoms with E-state index in [4.69, 9.17) is 4.74 Å². The molecule has 1 aromatic heterocycles. The number of ketones is 1. The number of amides is 1. The highest BCUT2D eigenvalue weighted by atomic mass is 16.5. The molecule has 7 nitrogen and oxygen atoms in total. The molecule has 1 amide bonds. The number of H-pyrrole nitrogens is 1. The van der Waals surface area contributed by atoms with Crippen molar-refractivity contribution in [2.24, 2.45) is 0 Å². The number of carbonyl (C=O) groups is 3. The Labute approximate surface area is 173 Å². The van der Waals surface area contributed by atoms with Crippen molar-refractivity contribution in [2.75, 3.05) is 11.4 Å². The number of fused-ring (bicyclic) bond motifs is 1. The van der Waals surface area contributed by atoms with E-state index in [-0.39, 0.29) is 17.4 Å². The van der Waals surface area contributed by atoms with Crippen molar-refractivity contribution in [2.45, 2.75) is 26.4 Å². The van der Waals surface area contributed by atoms with Gasteiger partial charge in [-0.25, -0.2) is 4.79 Å². The fraction of sp³-hybridized carbons (Fsp3) is 0.217. The zero-order chi connectivity index (χ0) is 21.3. The van der Waals surface area contributed by atoms with Crippen molar-refractivity contribution < 1.29 is 19.1 Å². The summed E-state index contributed by atoms with van der Waals surface area (Å²) >= 11 is 0. The van der Waals surface area contributed by atoms with E-state index in [1.54, 1.807) is 36.1 Å². The van der Waals surface area contributed by atoms with Crippen LogP contribution in [0.3, 0.4) is 0 Å². The van der Waals surface area contributed by atoms with Crippen molar-refractivity contribution in [3.05, 3.63) is 71.4 Å². The van der Waals surface area contributed by atoms with E-state index in [9.17, 15) is 14.4 Å². The maximum absolute atomic E-state index is 12.8. The van der Waals surface area contributed by atoms with Crippen LogP contribution >= 0.6 is 0 Å². The number of hydrogen-bond acceptors (Lipinski definition) is 5. The number of hydrogen-bond donors (Lipinski definition) is 1. The molecule has 0 fully saturated rings. The molecular weight excluding hydrogens is 382 g/mol. The number of anilines is 1. The Morgan fingerprint density at radius 2 is 1.87 bits per heavy atom. The summed E-state index contributed by atoms with van der Waals surface area (Å²) in [6.45, 7) is 3.68. The van der Waals surface area contributed by atoms with Crippen LogP contribution in [0.1, 0.15) is 40.3 Å². The van der Waals surface area contributed by atoms with Crippen molar-refractivity contribution in [3.63, 3.8) is 0 Å². The SMILES string of the molecule is CC(=O)N1CCc2cc(C(=O)C(C)OC(=O)c3cc(-c4ccccc4)n[nH]3)ccc21. The molecule has 1 atom stereocenters. The molecule has 2 heterocycles. The van der Waals surface area contributed by atoms with Gasteiger partial charge in [0, 0.05) is 30.3 Å². The smallest absolute Gasteiger partial charge is 0.357 e. The predicted octanol–water partition coefficient (Wildman–Crippen LogP) is 3.41. The number of ether oxygens (including phenoxy) is 1. The van der Waals surface area contributed by atoms with Gasteiger partial charge in [0.25, 0.3) is 0 Å². The Balaban J connectivity index is 1.45. The Morgan fingerprint density at radius 1 is 1.10 bits per heavy atom. The molecule has 0 bridgehead atoms. The second-order valence-corrected chi connectivity index (χ2v) is 7.21. The van der Waals surface area contributed by atoms with E-state index >= 15 is 0 Å². The maximum Gasteiger partial charge on any atom is 0.357 e. The van der Waals surface area contributed by atoms with Gasteiger partial charge in [-0.15, -0.1) is 0 Å². The number of Topliss-reactive ketones (excluding diaryl/α,β-unsaturated/α-hetero) is 1. The quantitative estimate of drug-likeness (QED) is 0.521. The van der Waals surface area contributed by atoms with Crippen molar-refractivity contribution in [3.8, 4) is 11.3 Å². The molecule has 1 N–H and O–H groups in total. The summed E-state index contributed by atoms with van der Waals surface area (Å²) < 4.78 is 5.36. The summed E-state index contributed by atoms with van der Waals surface area (Å²) in [5, 5.41) is 6.80. The van der Waals surface area contributed by atoms with Crippen LogP contribution in [0, 0.1) is 0 Å². The van der Waals surface area contributed by atoms with Gasteiger partial charge in [0.15, 0.2) is 6.10 Å². The third kappa shape index (κ3) is 3.74. The Bertz CT molecular complexity index is 1120. The van der Waals surface area contributed by atoms with E-state index in [1.807, 2.05) is 30.3 Å². The van der Waals surface area contributed by atoms with Crippen molar-refractivity contribution >= 4 is 23.3 Å². The fourth-order valence-electron chi connectivity index (χ4n) is 3.58. The third-order valence-corrected chi connectivity index (χ3v) is 5.16. The lowest BCUT2D eigenvalue weighted by molar-refractivity contribution is -0.116. The molecule has 0 radical (unpaired) electrons. The Kier molecular flexibility index (Phi) is 5.18. The van der Waals surface area contributed by atoms with E-state index in [1.165, 1.54) is 6.92 Å². The molecular formula is C23H21N3O4. The molecule has 2 aromatic carbocycles. The molecule has 7 heteroatoms. The van der Waals surface area contributed by atoms with Gasteiger partial charge in [-0.05, 0) is 43.2 Å². The number of nitrogens with zero attached hydrogens (tertiary/aromatic N) is 2. The molecule has 1 aliphatic heterocycles. The van der Waals surface area contributed by atoms with Gasteiger partial charge in [0.2, 0.25) is 11.7 Å². The van der Waals surface area contributed by atoms with Gasteiger partial charge >= 0.3 is 5.97 Å². The van der Waals surface area contributed by atoms with Crippen LogP contribution in [0.25, 0.3) is 11.3 Å². The normalized spacial score (nSPS) is 13.6. The topological polar surface area (TPSA) is 92.4 Å². The van der Waals surface area contributed by atoms with Crippen LogP contribution in [-0.2, 0) is 16.0 Å². The van der Waals surface area contributed by atoms with Gasteiger partial charge < -0.3 is 9.64 Å². The van der Waals surface area contributed by atoms with Gasteiger partial charge in [-0.2, -0.15) is 5.10 Å². The predicted molar refractivity (Wildman–Crippen MR) is 111 cm³/mol. The lowest BCUT2D eigenvalue weighted by Gasteiger charge is -2.15. The zero-order valence-corrected chi connectivity index (χ0v) is 16.7. The van der Waals surface area contributed by atoms with Crippen LogP contribution in [-0.4, -0.2) is 40.5 Å². The molecule has 1 unspecified atom stereocenters. The van der Waals surface area contributed by atoms with E-state index in [0.717, 1.165) is 16.8 Å². The van der Waals surface area contributed by atoms with Crippen LogP contribution < -0.4 is 4.90 Å². The first kappa shape index (κ1) is 19.6. The molecule has 0 saturated carbocycles. The number of aromatic amines is 1. The third-order valence-electron chi connectivity index (χ3n) is 5.16. The summed E-state index contributed by atoms with van der Waals surface area (Å²) in [7, 11) is 0. The van der Waals surface area contributed by atoms with E-state index in [0.29, 0.717) is 24.2 Å². The summed E-state index contributed by atoms with van der Waals surface area (Å²) in [5.41, 5.74) is 3.89. The molecule has 0 aliphatic carbocycles. The second kappa shape index (κ2) is 7.94. The largest absolute Gasteiger partial charge is 0.450 e. The number of aromatic nitrogens is 2. The number of benzene rings is 2. The zero-order valence-electron chi connectivity index (χ0n) is 16.7. The highest BCUT2D eigenvalue weighted by molar-refractivity contribution is 6.02. The summed E-state index contributed by atoms with van der Waals surface area (Å²) in [4.78, 5) is 38.6. The van der Waals surface area contributed by atoms with Crippen molar-refractivity contribution in [1.82, 2.24) is 10.2 Å². The molecule has 3 aromatic rings. The summed E-state index contributed by atoms with van der Waals surface area (Å²) in [6, 6.07) is 16.2. The second-order valence-electron chi connectivity index (χ2n) is 7.21. The molecule has 0 saturated heterocycles. The molecule has 1 aliphatic rings. The molecule has 4 rings (SSSR count). The molecule has 152 valence electrons. The van der Waals surface area contributed by atoms with Crippen molar-refractivity contribution in [1.29, 1.82) is 0 Å². The average molecular weight is 403 g/mol. The average Bonchev–Trinajstić information content (AvgIpc) is 3.40. The Morgan fingerprint density at radius 3 is 2.60 bits per heavy atom. The first-order chi connectivity index (χ1) is 14.4. The monoisotopic (exact) mass is 403 g/mol. The van der Waals surface area contributed by atoms with Crippen LogP contribution in [0.15, 0.2) is 54.6 Å². The summed E-state index contributed by atoms with van der Waals surface area (Å²) in [6.07, 6.45) is -0.259. The lowest BCUT2D eigenvalue weighted by Crippen LogP contribution is -2.26. The van der Waals surface area contributed by atoms with Gasteiger partial charge in [-0.3, -0.25) is 14.7 Å². The first-order valence-corrected chi connectivity index (χ1v) is 9.71. The Hall–Kier alpha value is -3.74. The van der Waals surface area contributed by atoms with Crippen LogP contribution in [0.2, 0.25) is 0 Å². The van der Waals surface area contributed by atoms with Gasteiger partial charge in [0.05, 0.1) is 5.69 Å². The molecule has 30 heavy (non-hydrogen) atoms. The number of rotatable bonds is 5. The van der Waals surface area contributed by atoms with Crippen LogP contribution in [0.5, 0.6) is 0 Å². The highest BCUT2D eigenvalue weighted by Crippen LogP contribution is 2.29. The molecule has 0 spiro atoms. The minimum atomic E-state index is -0.954. The summed E-state index contributed by atoms with van der Waals surface area (Å²) in [5.74, 6) is -0.964. The highest BCUT2D eigenvalue weighted by Gasteiger charge is 2.26. The fourth-order valence-corrected chi connectivity index (χ4v) is 3.58. The lowest BCUT2D eigenvalue weighted by atomic mass is 10.0. The standard InChI is InChI=1S/C23H21N3O4/c1-14(22(28)18-8-9-21-17(12-18)10-11-26(21)15(2)27)30-23(29)20-13-19(24-25-20)16-6-4-3-5-7-16/h3-9,12-14H,10-11H2,1-2H3,(H,24,25). The minimum absolute atomic E-state index is 0.0236.